The fraction of sp³-hybridized carbons (Fsp3) is 0.357. The van der Waals surface area contributed by atoms with Crippen LogP contribution in [0.1, 0.15) is 30.6 Å². The predicted molar refractivity (Wildman–Crippen MR) is 79.6 cm³/mol. The number of rotatable bonds is 6. The minimum atomic E-state index is -0.426. The summed E-state index contributed by atoms with van der Waals surface area (Å²) < 4.78 is 20.3. The van der Waals surface area contributed by atoms with Crippen LogP contribution in [-0.2, 0) is 6.54 Å². The highest BCUT2D eigenvalue weighted by Gasteiger charge is 2.22. The molecule has 0 aliphatic rings. The van der Waals surface area contributed by atoms with Crippen LogP contribution in [0.2, 0.25) is 5.02 Å². The standard InChI is InChI=1S/C14H18ClFN4O/c1-3-6-20-14(10(15)8-18-20)13(19-17)9-4-5-11(16)12(7-9)21-2/h4-5,7-8,13,19H,3,6,17H2,1-2H3. The van der Waals surface area contributed by atoms with Gasteiger partial charge in [0, 0.05) is 6.54 Å². The molecule has 1 atom stereocenters. The molecule has 3 N–H and O–H groups in total. The average Bonchev–Trinajstić information content (AvgIpc) is 2.83. The van der Waals surface area contributed by atoms with Gasteiger partial charge in [-0.1, -0.05) is 24.6 Å². The molecule has 1 heterocycles. The monoisotopic (exact) mass is 312 g/mol. The third-order valence-electron chi connectivity index (χ3n) is 3.22. The van der Waals surface area contributed by atoms with E-state index in [4.69, 9.17) is 22.2 Å². The third-order valence-corrected chi connectivity index (χ3v) is 3.51. The first-order chi connectivity index (χ1) is 10.1. The molecule has 0 aliphatic carbocycles. The third kappa shape index (κ3) is 3.18. The Balaban J connectivity index is 2.47. The van der Waals surface area contributed by atoms with Crippen molar-refractivity contribution >= 4 is 11.6 Å². The maximum absolute atomic E-state index is 13.5. The lowest BCUT2D eigenvalue weighted by Crippen LogP contribution is -2.31. The number of nitrogens with zero attached hydrogens (tertiary/aromatic N) is 2. The molecule has 1 unspecified atom stereocenters. The van der Waals surface area contributed by atoms with E-state index in [9.17, 15) is 4.39 Å². The normalized spacial score (nSPS) is 12.4. The first kappa shape index (κ1) is 15.8. The maximum Gasteiger partial charge on any atom is 0.165 e. The molecule has 21 heavy (non-hydrogen) atoms. The Morgan fingerprint density at radius 3 is 2.90 bits per heavy atom. The topological polar surface area (TPSA) is 65.1 Å². The molecule has 1 aromatic carbocycles. The number of methoxy groups -OCH3 is 1. The molecule has 0 bridgehead atoms. The van der Waals surface area contributed by atoms with Gasteiger partial charge in [-0.15, -0.1) is 0 Å². The Morgan fingerprint density at radius 1 is 1.52 bits per heavy atom. The van der Waals surface area contributed by atoms with Crippen molar-refractivity contribution in [2.24, 2.45) is 5.84 Å². The summed E-state index contributed by atoms with van der Waals surface area (Å²) in [5.74, 6) is 5.41. The Labute approximate surface area is 127 Å². The van der Waals surface area contributed by atoms with Gasteiger partial charge in [-0.25, -0.2) is 9.82 Å². The molecule has 0 fully saturated rings. The van der Waals surface area contributed by atoms with E-state index in [1.165, 1.54) is 13.2 Å². The second kappa shape index (κ2) is 6.89. The molecule has 5 nitrogen and oxygen atoms in total. The van der Waals surface area contributed by atoms with E-state index in [-0.39, 0.29) is 5.75 Å². The van der Waals surface area contributed by atoms with Crippen molar-refractivity contribution < 1.29 is 9.13 Å². The minimum Gasteiger partial charge on any atom is -0.494 e. The smallest absolute Gasteiger partial charge is 0.165 e. The molecule has 0 amide bonds. The van der Waals surface area contributed by atoms with Gasteiger partial charge in [-0.2, -0.15) is 5.10 Å². The highest BCUT2D eigenvalue weighted by atomic mass is 35.5. The number of aromatic nitrogens is 2. The van der Waals surface area contributed by atoms with Gasteiger partial charge in [0.2, 0.25) is 0 Å². The van der Waals surface area contributed by atoms with E-state index in [0.29, 0.717) is 5.02 Å². The van der Waals surface area contributed by atoms with Gasteiger partial charge in [0.05, 0.1) is 30.1 Å². The number of ether oxygens (including phenoxy) is 1. The molecule has 0 saturated heterocycles. The van der Waals surface area contributed by atoms with Gasteiger partial charge in [0.15, 0.2) is 11.6 Å². The quantitative estimate of drug-likeness (QED) is 0.636. The average molecular weight is 313 g/mol. The second-order valence-electron chi connectivity index (χ2n) is 4.59. The van der Waals surface area contributed by atoms with Crippen molar-refractivity contribution in [1.82, 2.24) is 15.2 Å². The summed E-state index contributed by atoms with van der Waals surface area (Å²) in [5, 5.41) is 4.75. The fourth-order valence-corrected chi connectivity index (χ4v) is 2.49. The molecular formula is C14H18ClFN4O. The molecule has 1 aromatic heterocycles. The zero-order valence-corrected chi connectivity index (χ0v) is 12.7. The second-order valence-corrected chi connectivity index (χ2v) is 5.00. The van der Waals surface area contributed by atoms with E-state index in [2.05, 4.69) is 10.5 Å². The molecule has 0 spiro atoms. The Hall–Kier alpha value is -1.63. The van der Waals surface area contributed by atoms with E-state index in [0.717, 1.165) is 24.2 Å². The van der Waals surface area contributed by atoms with E-state index >= 15 is 0 Å². The summed E-state index contributed by atoms with van der Waals surface area (Å²) in [5.41, 5.74) is 4.20. The summed E-state index contributed by atoms with van der Waals surface area (Å²) in [6.07, 6.45) is 2.49. The van der Waals surface area contributed by atoms with Gasteiger partial charge in [0.1, 0.15) is 0 Å². The van der Waals surface area contributed by atoms with Gasteiger partial charge in [-0.05, 0) is 24.1 Å². The molecular weight excluding hydrogens is 295 g/mol. The van der Waals surface area contributed by atoms with Crippen LogP contribution >= 0.6 is 11.6 Å². The van der Waals surface area contributed by atoms with Crippen molar-refractivity contribution in [3.05, 3.63) is 46.5 Å². The number of hydrogen-bond donors (Lipinski definition) is 2. The zero-order valence-electron chi connectivity index (χ0n) is 11.9. The lowest BCUT2D eigenvalue weighted by Gasteiger charge is -2.19. The first-order valence-electron chi connectivity index (χ1n) is 6.63. The lowest BCUT2D eigenvalue weighted by molar-refractivity contribution is 0.385. The lowest BCUT2D eigenvalue weighted by atomic mass is 10.0. The summed E-state index contributed by atoms with van der Waals surface area (Å²) in [6.45, 7) is 2.77. The number of benzene rings is 1. The molecule has 7 heteroatoms. The van der Waals surface area contributed by atoms with Crippen LogP contribution in [0.5, 0.6) is 5.75 Å². The SMILES string of the molecule is CCCn1ncc(Cl)c1C(NN)c1ccc(F)c(OC)c1. The summed E-state index contributed by atoms with van der Waals surface area (Å²) >= 11 is 6.22. The van der Waals surface area contributed by atoms with Gasteiger partial charge < -0.3 is 4.74 Å². The first-order valence-corrected chi connectivity index (χ1v) is 7.00. The predicted octanol–water partition coefficient (Wildman–Crippen LogP) is 2.65. The highest BCUT2D eigenvalue weighted by molar-refractivity contribution is 6.31. The molecule has 2 rings (SSSR count). The van der Waals surface area contributed by atoms with Crippen molar-refractivity contribution in [1.29, 1.82) is 0 Å². The Morgan fingerprint density at radius 2 is 2.29 bits per heavy atom. The van der Waals surface area contributed by atoms with Crippen LogP contribution in [0.4, 0.5) is 4.39 Å². The van der Waals surface area contributed by atoms with Crippen molar-refractivity contribution in [2.75, 3.05) is 7.11 Å². The summed E-state index contributed by atoms with van der Waals surface area (Å²) in [6, 6.07) is 4.18. The van der Waals surface area contributed by atoms with Crippen LogP contribution in [0.25, 0.3) is 0 Å². The molecule has 0 radical (unpaired) electrons. The van der Waals surface area contributed by atoms with E-state index in [1.807, 2.05) is 6.92 Å². The van der Waals surface area contributed by atoms with E-state index < -0.39 is 11.9 Å². The van der Waals surface area contributed by atoms with E-state index in [1.54, 1.807) is 23.0 Å². The zero-order chi connectivity index (χ0) is 15.4. The number of nitrogens with two attached hydrogens (primary N) is 1. The van der Waals surface area contributed by atoms with Gasteiger partial charge in [-0.3, -0.25) is 10.5 Å². The van der Waals surface area contributed by atoms with Crippen molar-refractivity contribution in [3.8, 4) is 5.75 Å². The molecule has 0 saturated carbocycles. The van der Waals surface area contributed by atoms with Gasteiger partial charge >= 0.3 is 0 Å². The Kier molecular flexibility index (Phi) is 5.17. The van der Waals surface area contributed by atoms with Crippen LogP contribution < -0.4 is 16.0 Å². The molecule has 2 aromatic rings. The summed E-state index contributed by atoms with van der Waals surface area (Å²) in [4.78, 5) is 0. The maximum atomic E-state index is 13.5. The van der Waals surface area contributed by atoms with Gasteiger partial charge in [0.25, 0.3) is 0 Å². The van der Waals surface area contributed by atoms with Crippen LogP contribution in [0.3, 0.4) is 0 Å². The largest absolute Gasteiger partial charge is 0.494 e. The van der Waals surface area contributed by atoms with Crippen molar-refractivity contribution in [2.45, 2.75) is 25.9 Å². The van der Waals surface area contributed by atoms with Crippen LogP contribution in [-0.4, -0.2) is 16.9 Å². The number of hydrogen-bond acceptors (Lipinski definition) is 4. The molecule has 114 valence electrons. The van der Waals surface area contributed by atoms with Crippen molar-refractivity contribution in [3.63, 3.8) is 0 Å². The number of aryl methyl sites for hydroxylation is 1. The van der Waals surface area contributed by atoms with Crippen LogP contribution in [0, 0.1) is 5.82 Å². The number of nitrogens with one attached hydrogen (secondary N) is 1. The highest BCUT2D eigenvalue weighted by Crippen LogP contribution is 2.30. The summed E-state index contributed by atoms with van der Waals surface area (Å²) in [7, 11) is 1.42. The van der Waals surface area contributed by atoms with Crippen LogP contribution in [0.15, 0.2) is 24.4 Å². The number of hydrazine groups is 1. The fourth-order valence-electron chi connectivity index (χ4n) is 2.24. The minimum absolute atomic E-state index is 0.158. The number of halogens is 2. The molecule has 0 aliphatic heterocycles. The Bertz CT molecular complexity index is 617.